The molecule has 0 saturated carbocycles. The van der Waals surface area contributed by atoms with E-state index in [2.05, 4.69) is 10.4 Å². The Morgan fingerprint density at radius 3 is 2.58 bits per heavy atom. The summed E-state index contributed by atoms with van der Waals surface area (Å²) in [6.45, 7) is 8.04. The van der Waals surface area contributed by atoms with E-state index in [0.29, 0.717) is 18.1 Å². The SMILES string of the molecule is CCCn1nc(C)c([N+](=O)[O-])c1NC(CO)C(C)C. The third-order valence-corrected chi connectivity index (χ3v) is 3.04. The first kappa shape index (κ1) is 15.4. The molecule has 0 spiro atoms. The Balaban J connectivity index is 3.17. The maximum Gasteiger partial charge on any atom is 0.333 e. The molecule has 1 atom stereocenters. The van der Waals surface area contributed by atoms with Gasteiger partial charge in [-0.2, -0.15) is 5.10 Å². The van der Waals surface area contributed by atoms with Crippen LogP contribution in [0.5, 0.6) is 0 Å². The zero-order valence-electron chi connectivity index (χ0n) is 11.9. The Kier molecular flexibility index (Phi) is 5.29. The van der Waals surface area contributed by atoms with Gasteiger partial charge in [0, 0.05) is 6.54 Å². The molecule has 7 heteroatoms. The van der Waals surface area contributed by atoms with E-state index < -0.39 is 4.92 Å². The number of nitrogens with zero attached hydrogens (tertiary/aromatic N) is 3. The lowest BCUT2D eigenvalue weighted by Gasteiger charge is -2.21. The second kappa shape index (κ2) is 6.51. The Hall–Kier alpha value is -1.63. The van der Waals surface area contributed by atoms with Crippen molar-refractivity contribution in [2.24, 2.45) is 5.92 Å². The summed E-state index contributed by atoms with van der Waals surface area (Å²) >= 11 is 0. The van der Waals surface area contributed by atoms with E-state index in [4.69, 9.17) is 0 Å². The molecule has 1 rings (SSSR count). The van der Waals surface area contributed by atoms with Crippen molar-refractivity contribution in [3.63, 3.8) is 0 Å². The van der Waals surface area contributed by atoms with Gasteiger partial charge in [0.05, 0.1) is 17.6 Å². The third-order valence-electron chi connectivity index (χ3n) is 3.04. The van der Waals surface area contributed by atoms with Gasteiger partial charge < -0.3 is 10.4 Å². The van der Waals surface area contributed by atoms with Crippen molar-refractivity contribution in [2.45, 2.75) is 46.7 Å². The first-order chi connectivity index (χ1) is 8.92. The van der Waals surface area contributed by atoms with Gasteiger partial charge >= 0.3 is 5.69 Å². The Morgan fingerprint density at radius 2 is 2.16 bits per heavy atom. The van der Waals surface area contributed by atoms with Gasteiger partial charge in [-0.3, -0.25) is 10.1 Å². The van der Waals surface area contributed by atoms with Crippen LogP contribution >= 0.6 is 0 Å². The molecule has 0 bridgehead atoms. The quantitative estimate of drug-likeness (QED) is 0.583. The van der Waals surface area contributed by atoms with Gasteiger partial charge in [0.2, 0.25) is 5.82 Å². The Bertz CT molecular complexity index is 442. The van der Waals surface area contributed by atoms with E-state index in [1.54, 1.807) is 11.6 Å². The molecule has 0 fully saturated rings. The van der Waals surface area contributed by atoms with Crippen LogP contribution in [0.1, 0.15) is 32.9 Å². The zero-order valence-corrected chi connectivity index (χ0v) is 11.9. The summed E-state index contributed by atoms with van der Waals surface area (Å²) in [6.07, 6.45) is 0.832. The fraction of sp³-hybridized carbons (Fsp3) is 0.750. The van der Waals surface area contributed by atoms with Crippen molar-refractivity contribution in [1.29, 1.82) is 0 Å². The predicted octanol–water partition coefficient (Wildman–Crippen LogP) is 1.94. The minimum atomic E-state index is -0.425. The molecule has 1 heterocycles. The molecule has 1 aromatic rings. The van der Waals surface area contributed by atoms with Crippen molar-refractivity contribution < 1.29 is 10.0 Å². The number of aliphatic hydroxyl groups is 1. The molecular formula is C12H22N4O3. The summed E-state index contributed by atoms with van der Waals surface area (Å²) < 4.78 is 1.61. The van der Waals surface area contributed by atoms with Crippen LogP contribution in [0.4, 0.5) is 11.5 Å². The van der Waals surface area contributed by atoms with Gasteiger partial charge in [0.15, 0.2) is 0 Å². The van der Waals surface area contributed by atoms with Crippen LogP contribution in [0.15, 0.2) is 0 Å². The molecule has 7 nitrogen and oxygen atoms in total. The van der Waals surface area contributed by atoms with Gasteiger partial charge in [0.25, 0.3) is 0 Å². The average molecular weight is 270 g/mol. The van der Waals surface area contributed by atoms with Crippen LogP contribution in [0, 0.1) is 23.0 Å². The van der Waals surface area contributed by atoms with Gasteiger partial charge in [-0.05, 0) is 19.3 Å². The smallest absolute Gasteiger partial charge is 0.333 e. The maximum absolute atomic E-state index is 11.1. The highest BCUT2D eigenvalue weighted by molar-refractivity contribution is 5.60. The van der Waals surface area contributed by atoms with Gasteiger partial charge in [-0.25, -0.2) is 4.68 Å². The molecule has 0 aliphatic carbocycles. The van der Waals surface area contributed by atoms with E-state index >= 15 is 0 Å². The molecule has 0 saturated heterocycles. The summed E-state index contributed by atoms with van der Waals surface area (Å²) in [5.74, 6) is 0.548. The standard InChI is InChI=1S/C12H22N4O3/c1-5-6-15-12(13-10(7-17)8(2)3)11(16(18)19)9(4)14-15/h8,10,13,17H,5-7H2,1-4H3. The molecule has 1 unspecified atom stereocenters. The molecular weight excluding hydrogens is 248 g/mol. The summed E-state index contributed by atoms with van der Waals surface area (Å²) in [4.78, 5) is 10.7. The van der Waals surface area contributed by atoms with Crippen LogP contribution in [-0.4, -0.2) is 32.5 Å². The molecule has 0 aromatic carbocycles. The minimum absolute atomic E-state index is 0.00690. The maximum atomic E-state index is 11.1. The van der Waals surface area contributed by atoms with Crippen LogP contribution in [-0.2, 0) is 6.54 Å². The van der Waals surface area contributed by atoms with E-state index in [1.165, 1.54) is 0 Å². The molecule has 0 aliphatic rings. The molecule has 2 N–H and O–H groups in total. The Morgan fingerprint density at radius 1 is 1.53 bits per heavy atom. The normalized spacial score (nSPS) is 12.7. The second-order valence-electron chi connectivity index (χ2n) is 4.94. The number of hydrogen-bond acceptors (Lipinski definition) is 5. The fourth-order valence-corrected chi connectivity index (χ4v) is 1.91. The topological polar surface area (TPSA) is 93.2 Å². The van der Waals surface area contributed by atoms with Gasteiger partial charge in [-0.1, -0.05) is 20.8 Å². The molecule has 0 radical (unpaired) electrons. The highest BCUT2D eigenvalue weighted by Gasteiger charge is 2.27. The highest BCUT2D eigenvalue weighted by Crippen LogP contribution is 2.29. The summed E-state index contributed by atoms with van der Waals surface area (Å²) in [5.41, 5.74) is 0.383. The molecule has 0 aliphatic heterocycles. The second-order valence-corrected chi connectivity index (χ2v) is 4.94. The number of aromatic nitrogens is 2. The number of aryl methyl sites for hydroxylation is 2. The van der Waals surface area contributed by atoms with E-state index in [9.17, 15) is 15.2 Å². The molecule has 1 aromatic heterocycles. The number of aliphatic hydroxyl groups excluding tert-OH is 1. The van der Waals surface area contributed by atoms with E-state index in [0.717, 1.165) is 6.42 Å². The average Bonchev–Trinajstić information content (AvgIpc) is 2.62. The third kappa shape index (κ3) is 3.44. The van der Waals surface area contributed by atoms with Crippen LogP contribution in [0.3, 0.4) is 0 Å². The number of nitro groups is 1. The fourth-order valence-electron chi connectivity index (χ4n) is 1.91. The monoisotopic (exact) mass is 270 g/mol. The van der Waals surface area contributed by atoms with Crippen LogP contribution < -0.4 is 5.32 Å². The van der Waals surface area contributed by atoms with Crippen LogP contribution in [0.2, 0.25) is 0 Å². The van der Waals surface area contributed by atoms with Crippen molar-refractivity contribution in [3.05, 3.63) is 15.8 Å². The van der Waals surface area contributed by atoms with Crippen molar-refractivity contribution in [3.8, 4) is 0 Å². The van der Waals surface area contributed by atoms with Crippen LogP contribution in [0.25, 0.3) is 0 Å². The lowest BCUT2D eigenvalue weighted by Crippen LogP contribution is -2.31. The van der Waals surface area contributed by atoms with E-state index in [-0.39, 0.29) is 24.3 Å². The van der Waals surface area contributed by atoms with Crippen molar-refractivity contribution >= 4 is 11.5 Å². The summed E-state index contributed by atoms with van der Waals surface area (Å²) in [6, 6.07) is -0.231. The first-order valence-electron chi connectivity index (χ1n) is 6.51. The number of anilines is 1. The van der Waals surface area contributed by atoms with Gasteiger partial charge in [0.1, 0.15) is 5.69 Å². The Labute approximate surface area is 112 Å². The summed E-state index contributed by atoms with van der Waals surface area (Å²) in [7, 11) is 0. The summed E-state index contributed by atoms with van der Waals surface area (Å²) in [5, 5.41) is 27.8. The molecule has 108 valence electrons. The predicted molar refractivity (Wildman–Crippen MR) is 73.2 cm³/mol. The highest BCUT2D eigenvalue weighted by atomic mass is 16.6. The molecule has 0 amide bonds. The van der Waals surface area contributed by atoms with E-state index in [1.807, 2.05) is 20.8 Å². The number of hydrogen-bond donors (Lipinski definition) is 2. The van der Waals surface area contributed by atoms with Crippen molar-refractivity contribution in [1.82, 2.24) is 9.78 Å². The number of rotatable bonds is 7. The molecule has 19 heavy (non-hydrogen) atoms. The minimum Gasteiger partial charge on any atom is -0.394 e. The van der Waals surface area contributed by atoms with Gasteiger partial charge in [-0.15, -0.1) is 0 Å². The lowest BCUT2D eigenvalue weighted by atomic mass is 10.1. The first-order valence-corrected chi connectivity index (χ1v) is 6.51. The largest absolute Gasteiger partial charge is 0.394 e. The lowest BCUT2D eigenvalue weighted by molar-refractivity contribution is -0.384. The van der Waals surface area contributed by atoms with Crippen molar-refractivity contribution in [2.75, 3.05) is 11.9 Å². The zero-order chi connectivity index (χ0) is 14.6. The number of nitrogens with one attached hydrogen (secondary N) is 1.